The van der Waals surface area contributed by atoms with Crippen LogP contribution in [0.25, 0.3) is 16.6 Å². The average Bonchev–Trinajstić information content (AvgIpc) is 3.24. The van der Waals surface area contributed by atoms with Gasteiger partial charge < -0.3 is 14.6 Å². The number of carbonyl (C=O) groups is 1. The van der Waals surface area contributed by atoms with Gasteiger partial charge >= 0.3 is 5.97 Å². The Balaban J connectivity index is 1.88. The largest absolute Gasteiger partial charge is 0.497 e. The summed E-state index contributed by atoms with van der Waals surface area (Å²) in [5, 5.41) is 11.4. The van der Waals surface area contributed by atoms with Crippen molar-refractivity contribution in [3.8, 4) is 5.75 Å². The molecule has 1 aliphatic rings. The summed E-state index contributed by atoms with van der Waals surface area (Å²) in [6.07, 6.45) is 0.511. The Labute approximate surface area is 166 Å². The zero-order valence-corrected chi connectivity index (χ0v) is 16.6. The maximum absolute atomic E-state index is 12.9. The third-order valence-corrected chi connectivity index (χ3v) is 5.35. The third-order valence-electron chi connectivity index (χ3n) is 4.79. The van der Waals surface area contributed by atoms with E-state index in [2.05, 4.69) is 8.75 Å². The predicted molar refractivity (Wildman–Crippen MR) is 107 cm³/mol. The Morgan fingerprint density at radius 1 is 1.14 bits per heavy atom. The number of ether oxygens (including phenoxy) is 2. The number of hydrogen-bond acceptors (Lipinski definition) is 7. The standard InChI is InChI=1S/C21H20N2O4S/c1-12(2)10-16-19(13-4-9-17-18(11-13)23-28-22-17)20(24)27-21(16,25)14-5-7-15(26-3)8-6-14/h4-9,11-12,25H,10H2,1-3H3. The van der Waals surface area contributed by atoms with E-state index < -0.39 is 11.8 Å². The second kappa shape index (κ2) is 7.00. The van der Waals surface area contributed by atoms with Gasteiger partial charge in [-0.2, -0.15) is 8.75 Å². The maximum atomic E-state index is 12.9. The normalized spacial score (nSPS) is 19.5. The van der Waals surface area contributed by atoms with Gasteiger partial charge in [-0.25, -0.2) is 4.79 Å². The van der Waals surface area contributed by atoms with Gasteiger partial charge in [-0.15, -0.1) is 0 Å². The van der Waals surface area contributed by atoms with Crippen molar-refractivity contribution in [2.24, 2.45) is 5.92 Å². The fraction of sp³-hybridized carbons (Fsp3) is 0.286. The molecule has 3 aromatic rings. The van der Waals surface area contributed by atoms with Gasteiger partial charge in [-0.05, 0) is 54.3 Å². The molecule has 1 atom stereocenters. The summed E-state index contributed by atoms with van der Waals surface area (Å²) in [6.45, 7) is 4.07. The van der Waals surface area contributed by atoms with Crippen molar-refractivity contribution in [3.05, 3.63) is 59.2 Å². The van der Waals surface area contributed by atoms with Crippen LogP contribution in [0.4, 0.5) is 0 Å². The monoisotopic (exact) mass is 396 g/mol. The molecular formula is C21H20N2O4S. The number of benzene rings is 2. The number of cyclic esters (lactones) is 1. The molecule has 0 saturated heterocycles. The van der Waals surface area contributed by atoms with Gasteiger partial charge in [-0.3, -0.25) is 0 Å². The fourth-order valence-electron chi connectivity index (χ4n) is 3.47. The van der Waals surface area contributed by atoms with Crippen molar-refractivity contribution in [3.63, 3.8) is 0 Å². The molecule has 0 bridgehead atoms. The summed E-state index contributed by atoms with van der Waals surface area (Å²) in [6, 6.07) is 12.4. The van der Waals surface area contributed by atoms with Crippen molar-refractivity contribution in [2.45, 2.75) is 26.1 Å². The number of methoxy groups -OCH3 is 1. The Hall–Kier alpha value is -2.77. The first kappa shape index (κ1) is 18.6. The van der Waals surface area contributed by atoms with Crippen LogP contribution in [0.15, 0.2) is 48.0 Å². The second-order valence-corrected chi connectivity index (χ2v) is 7.71. The maximum Gasteiger partial charge on any atom is 0.341 e. The van der Waals surface area contributed by atoms with Gasteiger partial charge in [0.1, 0.15) is 16.8 Å². The van der Waals surface area contributed by atoms with E-state index in [9.17, 15) is 9.90 Å². The van der Waals surface area contributed by atoms with Crippen LogP contribution < -0.4 is 4.74 Å². The third kappa shape index (κ3) is 3.06. The van der Waals surface area contributed by atoms with Crippen LogP contribution in [0.2, 0.25) is 0 Å². The van der Waals surface area contributed by atoms with Gasteiger partial charge in [-0.1, -0.05) is 19.9 Å². The van der Waals surface area contributed by atoms with E-state index in [4.69, 9.17) is 9.47 Å². The van der Waals surface area contributed by atoms with E-state index in [0.717, 1.165) is 17.2 Å². The highest BCUT2D eigenvalue weighted by Gasteiger charge is 2.48. The fourth-order valence-corrected chi connectivity index (χ4v) is 3.99. The smallest absolute Gasteiger partial charge is 0.341 e. The van der Waals surface area contributed by atoms with Crippen molar-refractivity contribution in [1.82, 2.24) is 8.75 Å². The molecule has 6 nitrogen and oxygen atoms in total. The van der Waals surface area contributed by atoms with Crippen molar-refractivity contribution in [1.29, 1.82) is 0 Å². The first-order valence-electron chi connectivity index (χ1n) is 8.99. The minimum atomic E-state index is -1.81. The molecule has 144 valence electrons. The molecule has 1 unspecified atom stereocenters. The van der Waals surface area contributed by atoms with Crippen LogP contribution in [0.5, 0.6) is 5.75 Å². The van der Waals surface area contributed by atoms with Crippen molar-refractivity contribution in [2.75, 3.05) is 7.11 Å². The first-order valence-corrected chi connectivity index (χ1v) is 9.72. The summed E-state index contributed by atoms with van der Waals surface area (Å²) in [5.74, 6) is -1.48. The molecule has 2 heterocycles. The summed E-state index contributed by atoms with van der Waals surface area (Å²) < 4.78 is 19.2. The van der Waals surface area contributed by atoms with E-state index in [1.807, 2.05) is 32.0 Å². The van der Waals surface area contributed by atoms with Crippen LogP contribution in [0, 0.1) is 5.92 Å². The molecule has 7 heteroatoms. The van der Waals surface area contributed by atoms with E-state index in [1.165, 1.54) is 0 Å². The summed E-state index contributed by atoms with van der Waals surface area (Å²) in [5.41, 5.74) is 3.60. The summed E-state index contributed by atoms with van der Waals surface area (Å²) in [7, 11) is 1.57. The van der Waals surface area contributed by atoms with Crippen LogP contribution >= 0.6 is 11.7 Å². The highest BCUT2D eigenvalue weighted by molar-refractivity contribution is 7.00. The first-order chi connectivity index (χ1) is 13.4. The van der Waals surface area contributed by atoms with Gasteiger partial charge in [0, 0.05) is 11.1 Å². The lowest BCUT2D eigenvalue weighted by Gasteiger charge is -2.26. The molecule has 0 radical (unpaired) electrons. The van der Waals surface area contributed by atoms with Gasteiger partial charge in [0.05, 0.1) is 24.4 Å². The van der Waals surface area contributed by atoms with E-state index >= 15 is 0 Å². The minimum absolute atomic E-state index is 0.217. The molecule has 2 aromatic carbocycles. The van der Waals surface area contributed by atoms with E-state index in [-0.39, 0.29) is 5.92 Å². The molecule has 0 spiro atoms. The number of hydrogen-bond donors (Lipinski definition) is 1. The number of fused-ring (bicyclic) bond motifs is 1. The number of esters is 1. The molecule has 0 saturated carbocycles. The molecule has 0 amide bonds. The zero-order valence-electron chi connectivity index (χ0n) is 15.8. The van der Waals surface area contributed by atoms with E-state index in [0.29, 0.717) is 40.0 Å². The summed E-state index contributed by atoms with van der Waals surface area (Å²) in [4.78, 5) is 12.9. The van der Waals surface area contributed by atoms with Gasteiger partial charge in [0.25, 0.3) is 5.79 Å². The van der Waals surface area contributed by atoms with Gasteiger partial charge in [0.15, 0.2) is 0 Å². The summed E-state index contributed by atoms with van der Waals surface area (Å²) >= 11 is 1.12. The predicted octanol–water partition coefficient (Wildman–Crippen LogP) is 3.90. The van der Waals surface area contributed by atoms with Crippen LogP contribution in [-0.2, 0) is 15.3 Å². The molecule has 1 aliphatic heterocycles. The topological polar surface area (TPSA) is 81.5 Å². The minimum Gasteiger partial charge on any atom is -0.497 e. The number of nitrogens with zero attached hydrogens (tertiary/aromatic N) is 2. The number of rotatable bonds is 5. The van der Waals surface area contributed by atoms with Crippen LogP contribution in [0.3, 0.4) is 0 Å². The lowest BCUT2D eigenvalue weighted by molar-refractivity contribution is -0.185. The van der Waals surface area contributed by atoms with Crippen LogP contribution in [0.1, 0.15) is 31.4 Å². The Morgan fingerprint density at radius 3 is 2.54 bits per heavy atom. The molecule has 0 fully saturated rings. The molecular weight excluding hydrogens is 376 g/mol. The Morgan fingerprint density at radius 2 is 1.86 bits per heavy atom. The van der Waals surface area contributed by atoms with Crippen molar-refractivity contribution < 1.29 is 19.4 Å². The number of aromatic nitrogens is 2. The molecule has 1 N–H and O–H groups in total. The zero-order chi connectivity index (χ0) is 19.9. The van der Waals surface area contributed by atoms with Gasteiger partial charge in [0.2, 0.25) is 0 Å². The SMILES string of the molecule is COc1ccc(C2(O)OC(=O)C(c3ccc4nsnc4c3)=C2CC(C)C)cc1. The molecule has 4 rings (SSSR count). The highest BCUT2D eigenvalue weighted by Crippen LogP contribution is 2.46. The van der Waals surface area contributed by atoms with Crippen LogP contribution in [-0.4, -0.2) is 26.9 Å². The second-order valence-electron chi connectivity index (χ2n) is 7.18. The highest BCUT2D eigenvalue weighted by atomic mass is 32.1. The number of carbonyl (C=O) groups excluding carboxylic acids is 1. The molecule has 1 aromatic heterocycles. The quantitative estimate of drug-likeness (QED) is 0.659. The molecule has 28 heavy (non-hydrogen) atoms. The average molecular weight is 396 g/mol. The van der Waals surface area contributed by atoms with Crippen molar-refractivity contribution >= 4 is 34.3 Å². The Kier molecular flexibility index (Phi) is 4.64. The Bertz CT molecular complexity index is 1070. The lowest BCUT2D eigenvalue weighted by Crippen LogP contribution is -2.29. The molecule has 0 aliphatic carbocycles. The number of aliphatic hydroxyl groups is 1. The van der Waals surface area contributed by atoms with E-state index in [1.54, 1.807) is 31.4 Å². The lowest BCUT2D eigenvalue weighted by atomic mass is 9.87.